The highest BCUT2D eigenvalue weighted by atomic mass is 16.5. The lowest BCUT2D eigenvalue weighted by Crippen LogP contribution is -2.32. The molecule has 0 spiro atoms. The SMILES string of the molecule is COc1ccc(Cn2c(C(C)NC(=O)COc3ccccc3)nc3ccccc32)cc1. The molecule has 0 aliphatic carbocycles. The first kappa shape index (κ1) is 20.5. The molecule has 1 atom stereocenters. The quantitative estimate of drug-likeness (QED) is 0.465. The zero-order valence-electron chi connectivity index (χ0n) is 17.6. The normalized spacial score (nSPS) is 11.8. The summed E-state index contributed by atoms with van der Waals surface area (Å²) in [6, 6.07) is 25.0. The van der Waals surface area contributed by atoms with Gasteiger partial charge in [-0.2, -0.15) is 0 Å². The highest BCUT2D eigenvalue weighted by Gasteiger charge is 2.19. The number of amides is 1. The van der Waals surface area contributed by atoms with Crippen LogP contribution >= 0.6 is 0 Å². The van der Waals surface area contributed by atoms with Crippen LogP contribution in [0.5, 0.6) is 11.5 Å². The Morgan fingerprint density at radius 2 is 1.68 bits per heavy atom. The average Bonchev–Trinajstić information content (AvgIpc) is 3.17. The lowest BCUT2D eigenvalue weighted by Gasteiger charge is -2.17. The summed E-state index contributed by atoms with van der Waals surface area (Å²) in [5.74, 6) is 2.08. The highest BCUT2D eigenvalue weighted by Crippen LogP contribution is 2.23. The van der Waals surface area contributed by atoms with Crippen LogP contribution in [0.1, 0.15) is 24.4 Å². The predicted molar refractivity (Wildman–Crippen MR) is 120 cm³/mol. The van der Waals surface area contributed by atoms with Gasteiger partial charge < -0.3 is 19.4 Å². The van der Waals surface area contributed by atoms with E-state index in [4.69, 9.17) is 14.5 Å². The molecule has 6 heteroatoms. The molecule has 0 aliphatic heterocycles. The average molecular weight is 415 g/mol. The summed E-state index contributed by atoms with van der Waals surface area (Å²) in [7, 11) is 1.66. The van der Waals surface area contributed by atoms with Crippen molar-refractivity contribution in [3.05, 3.63) is 90.3 Å². The van der Waals surface area contributed by atoms with Gasteiger partial charge in [0.15, 0.2) is 6.61 Å². The molecule has 1 heterocycles. The number of para-hydroxylation sites is 3. The van der Waals surface area contributed by atoms with Crippen molar-refractivity contribution in [3.8, 4) is 11.5 Å². The van der Waals surface area contributed by atoms with E-state index in [0.717, 1.165) is 28.2 Å². The van der Waals surface area contributed by atoms with E-state index in [-0.39, 0.29) is 18.6 Å². The lowest BCUT2D eigenvalue weighted by atomic mass is 10.2. The van der Waals surface area contributed by atoms with E-state index in [1.54, 1.807) is 7.11 Å². The minimum atomic E-state index is -0.280. The Morgan fingerprint density at radius 3 is 2.42 bits per heavy atom. The van der Waals surface area contributed by atoms with Crippen molar-refractivity contribution in [2.24, 2.45) is 0 Å². The molecule has 1 unspecified atom stereocenters. The van der Waals surface area contributed by atoms with Gasteiger partial charge in [0.05, 0.1) is 24.2 Å². The van der Waals surface area contributed by atoms with E-state index in [1.807, 2.05) is 85.8 Å². The Balaban J connectivity index is 1.53. The summed E-state index contributed by atoms with van der Waals surface area (Å²) in [5.41, 5.74) is 3.04. The van der Waals surface area contributed by atoms with Crippen LogP contribution in [0.15, 0.2) is 78.9 Å². The van der Waals surface area contributed by atoms with E-state index in [9.17, 15) is 4.79 Å². The minimum Gasteiger partial charge on any atom is -0.497 e. The monoisotopic (exact) mass is 415 g/mol. The van der Waals surface area contributed by atoms with E-state index >= 15 is 0 Å². The number of fused-ring (bicyclic) bond motifs is 1. The maximum Gasteiger partial charge on any atom is 0.258 e. The first-order valence-corrected chi connectivity index (χ1v) is 10.2. The molecule has 0 aliphatic rings. The largest absolute Gasteiger partial charge is 0.497 e. The van der Waals surface area contributed by atoms with Gasteiger partial charge in [-0.1, -0.05) is 42.5 Å². The number of aromatic nitrogens is 2. The van der Waals surface area contributed by atoms with Crippen LogP contribution in [-0.4, -0.2) is 29.2 Å². The van der Waals surface area contributed by atoms with Gasteiger partial charge in [-0.15, -0.1) is 0 Å². The fraction of sp³-hybridized carbons (Fsp3) is 0.200. The predicted octanol–water partition coefficient (Wildman–Crippen LogP) is 4.35. The Morgan fingerprint density at radius 1 is 0.968 bits per heavy atom. The first-order valence-electron chi connectivity index (χ1n) is 10.2. The van der Waals surface area contributed by atoms with E-state index in [1.165, 1.54) is 0 Å². The second kappa shape index (κ2) is 9.34. The van der Waals surface area contributed by atoms with Crippen LogP contribution in [0.4, 0.5) is 0 Å². The van der Waals surface area contributed by atoms with Gasteiger partial charge in [0.1, 0.15) is 17.3 Å². The molecule has 3 aromatic carbocycles. The number of ether oxygens (including phenoxy) is 2. The second-order valence-corrected chi connectivity index (χ2v) is 7.28. The molecule has 158 valence electrons. The summed E-state index contributed by atoms with van der Waals surface area (Å²) < 4.78 is 13.0. The third kappa shape index (κ3) is 4.86. The maximum atomic E-state index is 12.5. The van der Waals surface area contributed by atoms with Crippen LogP contribution in [0.25, 0.3) is 11.0 Å². The molecule has 4 rings (SSSR count). The molecule has 6 nitrogen and oxygen atoms in total. The molecule has 0 radical (unpaired) electrons. The lowest BCUT2D eigenvalue weighted by molar-refractivity contribution is -0.123. The Kier molecular flexibility index (Phi) is 6.17. The van der Waals surface area contributed by atoms with Gasteiger partial charge in [-0.05, 0) is 48.9 Å². The molecule has 0 saturated heterocycles. The Bertz CT molecular complexity index is 1150. The number of benzene rings is 3. The van der Waals surface area contributed by atoms with Crippen molar-refractivity contribution in [2.45, 2.75) is 19.5 Å². The number of rotatable bonds is 8. The fourth-order valence-corrected chi connectivity index (χ4v) is 3.52. The number of methoxy groups -OCH3 is 1. The zero-order valence-corrected chi connectivity index (χ0v) is 17.6. The van der Waals surface area contributed by atoms with Crippen LogP contribution in [0.3, 0.4) is 0 Å². The summed E-state index contributed by atoms with van der Waals surface area (Å²) in [5, 5.41) is 3.00. The number of carbonyl (C=O) groups is 1. The van der Waals surface area contributed by atoms with Gasteiger partial charge in [-0.25, -0.2) is 4.98 Å². The zero-order chi connectivity index (χ0) is 21.6. The van der Waals surface area contributed by atoms with Crippen molar-refractivity contribution in [1.82, 2.24) is 14.9 Å². The van der Waals surface area contributed by atoms with Gasteiger partial charge >= 0.3 is 0 Å². The Hall–Kier alpha value is -3.80. The molecule has 1 N–H and O–H groups in total. The number of hydrogen-bond acceptors (Lipinski definition) is 4. The first-order chi connectivity index (χ1) is 15.1. The highest BCUT2D eigenvalue weighted by molar-refractivity contribution is 5.79. The van der Waals surface area contributed by atoms with Gasteiger partial charge in [0.25, 0.3) is 5.91 Å². The van der Waals surface area contributed by atoms with Crippen LogP contribution in [0.2, 0.25) is 0 Å². The van der Waals surface area contributed by atoms with Gasteiger partial charge in [0.2, 0.25) is 0 Å². The number of carbonyl (C=O) groups excluding carboxylic acids is 1. The number of nitrogens with one attached hydrogen (secondary N) is 1. The van der Waals surface area contributed by atoms with Crippen molar-refractivity contribution in [2.75, 3.05) is 13.7 Å². The summed E-state index contributed by atoms with van der Waals surface area (Å²) in [6.07, 6.45) is 0. The molecule has 0 fully saturated rings. The minimum absolute atomic E-state index is 0.0485. The summed E-state index contributed by atoms with van der Waals surface area (Å²) in [6.45, 7) is 2.53. The molecule has 4 aromatic rings. The maximum absolute atomic E-state index is 12.5. The third-order valence-electron chi connectivity index (χ3n) is 5.06. The van der Waals surface area contributed by atoms with Gasteiger partial charge in [-0.3, -0.25) is 4.79 Å². The van der Waals surface area contributed by atoms with Crippen molar-refractivity contribution in [1.29, 1.82) is 0 Å². The smallest absolute Gasteiger partial charge is 0.258 e. The van der Waals surface area contributed by atoms with Crippen LogP contribution in [0, 0.1) is 0 Å². The molecule has 1 aromatic heterocycles. The standard InChI is InChI=1S/C25H25N3O3/c1-18(26-24(29)17-31-21-8-4-3-5-9-21)25-27-22-10-6-7-11-23(22)28(25)16-19-12-14-20(30-2)15-13-19/h3-15,18H,16-17H2,1-2H3,(H,26,29). The molecular weight excluding hydrogens is 390 g/mol. The second-order valence-electron chi connectivity index (χ2n) is 7.28. The van der Waals surface area contributed by atoms with E-state index in [0.29, 0.717) is 12.3 Å². The van der Waals surface area contributed by atoms with E-state index < -0.39 is 0 Å². The fourth-order valence-electron chi connectivity index (χ4n) is 3.52. The van der Waals surface area contributed by atoms with Crippen LogP contribution in [-0.2, 0) is 11.3 Å². The number of nitrogens with zero attached hydrogens (tertiary/aromatic N) is 2. The molecular formula is C25H25N3O3. The third-order valence-corrected chi connectivity index (χ3v) is 5.06. The Labute approximate surface area is 181 Å². The topological polar surface area (TPSA) is 65.4 Å². The van der Waals surface area contributed by atoms with Crippen molar-refractivity contribution in [3.63, 3.8) is 0 Å². The van der Waals surface area contributed by atoms with Gasteiger partial charge in [0, 0.05) is 6.54 Å². The molecule has 0 bridgehead atoms. The summed E-state index contributed by atoms with van der Waals surface area (Å²) >= 11 is 0. The van der Waals surface area contributed by atoms with E-state index in [2.05, 4.69) is 9.88 Å². The van der Waals surface area contributed by atoms with Crippen molar-refractivity contribution >= 4 is 16.9 Å². The molecule has 1 amide bonds. The van der Waals surface area contributed by atoms with Crippen molar-refractivity contribution < 1.29 is 14.3 Å². The summed E-state index contributed by atoms with van der Waals surface area (Å²) in [4.78, 5) is 17.3. The molecule has 31 heavy (non-hydrogen) atoms. The number of hydrogen-bond donors (Lipinski definition) is 1. The van der Waals surface area contributed by atoms with Crippen LogP contribution < -0.4 is 14.8 Å². The molecule has 0 saturated carbocycles. The number of imidazole rings is 1.